The maximum absolute atomic E-state index is 12.4. The van der Waals surface area contributed by atoms with Crippen LogP contribution in [-0.2, 0) is 0 Å². The summed E-state index contributed by atoms with van der Waals surface area (Å²) in [7, 11) is 0. The summed E-state index contributed by atoms with van der Waals surface area (Å²) in [6, 6.07) is 12.1. The summed E-state index contributed by atoms with van der Waals surface area (Å²) in [6.45, 7) is 9.59. The third kappa shape index (κ3) is 3.61. The lowest BCUT2D eigenvalue weighted by Crippen LogP contribution is -2.26. The van der Waals surface area contributed by atoms with Crippen molar-refractivity contribution >= 4 is 5.78 Å². The summed E-state index contributed by atoms with van der Waals surface area (Å²) >= 11 is 0. The third-order valence-electron chi connectivity index (χ3n) is 3.58. The summed E-state index contributed by atoms with van der Waals surface area (Å²) in [5.41, 5.74) is 4.01. The van der Waals surface area contributed by atoms with Gasteiger partial charge in [-0.3, -0.25) is 4.79 Å². The van der Waals surface area contributed by atoms with Crippen LogP contribution in [0.1, 0.15) is 35.6 Å². The highest BCUT2D eigenvalue weighted by Gasteiger charge is 2.16. The predicted octanol–water partition coefficient (Wildman–Crippen LogP) is 3.52. The number of ketones is 1. The predicted molar refractivity (Wildman–Crippen MR) is 87.3 cm³/mol. The fourth-order valence-corrected chi connectivity index (χ4v) is 2.59. The molecule has 0 unspecified atom stereocenters. The molecule has 0 radical (unpaired) electrons. The first kappa shape index (κ1) is 15.5. The van der Waals surface area contributed by atoms with Gasteiger partial charge < -0.3 is 9.88 Å². The first-order valence-electron chi connectivity index (χ1n) is 7.49. The zero-order valence-electron chi connectivity index (χ0n) is 13.3. The van der Waals surface area contributed by atoms with E-state index in [0.29, 0.717) is 12.5 Å². The molecule has 1 aromatic heterocycles. The van der Waals surface area contributed by atoms with Gasteiger partial charge in [0.05, 0.1) is 6.54 Å². The van der Waals surface area contributed by atoms with Crippen molar-refractivity contribution < 1.29 is 4.79 Å². The van der Waals surface area contributed by atoms with Gasteiger partial charge in [0.2, 0.25) is 0 Å². The highest BCUT2D eigenvalue weighted by molar-refractivity contribution is 5.99. The molecule has 0 aliphatic rings. The Morgan fingerprint density at radius 3 is 2.48 bits per heavy atom. The Balaban J connectivity index is 2.21. The number of Topliss-reactive ketones (excluding diaryl/α,β-unsaturated/α-hetero) is 1. The number of hydrogen-bond acceptors (Lipinski definition) is 2. The van der Waals surface area contributed by atoms with E-state index in [2.05, 4.69) is 35.9 Å². The Kier molecular flexibility index (Phi) is 4.97. The van der Waals surface area contributed by atoms with Gasteiger partial charge in [0.1, 0.15) is 0 Å². The summed E-state index contributed by atoms with van der Waals surface area (Å²) in [4.78, 5) is 12.4. The lowest BCUT2D eigenvalue weighted by Gasteiger charge is -2.10. The van der Waals surface area contributed by atoms with Crippen molar-refractivity contribution in [3.05, 3.63) is 53.3 Å². The number of para-hydroxylation sites is 1. The molecule has 0 bridgehead atoms. The van der Waals surface area contributed by atoms with Gasteiger partial charge in [0.25, 0.3) is 0 Å². The van der Waals surface area contributed by atoms with E-state index < -0.39 is 0 Å². The molecule has 2 rings (SSSR count). The minimum atomic E-state index is 0.158. The van der Waals surface area contributed by atoms with Gasteiger partial charge in [-0.05, 0) is 44.5 Å². The molecule has 0 atom stereocenters. The fourth-order valence-electron chi connectivity index (χ4n) is 2.59. The number of carbonyl (C=O) groups is 1. The van der Waals surface area contributed by atoms with Crippen molar-refractivity contribution in [2.75, 3.05) is 13.1 Å². The number of benzene rings is 1. The molecule has 1 N–H and O–H groups in total. The summed E-state index contributed by atoms with van der Waals surface area (Å²) in [5, 5.41) is 3.22. The lowest BCUT2D eigenvalue weighted by molar-refractivity contribution is 0.0990. The van der Waals surface area contributed by atoms with Gasteiger partial charge in [0.15, 0.2) is 5.78 Å². The van der Waals surface area contributed by atoms with E-state index in [1.165, 1.54) is 0 Å². The molecule has 3 heteroatoms. The Labute approximate surface area is 127 Å². The molecule has 112 valence electrons. The van der Waals surface area contributed by atoms with Crippen LogP contribution in [0.2, 0.25) is 0 Å². The van der Waals surface area contributed by atoms with Crippen molar-refractivity contribution in [1.29, 1.82) is 0 Å². The molecule has 0 saturated heterocycles. The molecule has 0 amide bonds. The van der Waals surface area contributed by atoms with E-state index in [-0.39, 0.29) is 5.78 Å². The number of nitrogens with zero attached hydrogens (tertiary/aromatic N) is 1. The van der Waals surface area contributed by atoms with Crippen LogP contribution in [0.5, 0.6) is 0 Å². The molecular weight excluding hydrogens is 260 g/mol. The van der Waals surface area contributed by atoms with E-state index in [4.69, 9.17) is 0 Å². The molecule has 1 aromatic carbocycles. The number of carbonyl (C=O) groups excluding carboxylic acids is 1. The second kappa shape index (κ2) is 6.72. The first-order valence-corrected chi connectivity index (χ1v) is 7.49. The zero-order chi connectivity index (χ0) is 15.4. The number of aryl methyl sites for hydroxylation is 1. The Bertz CT molecular complexity index is 612. The lowest BCUT2D eigenvalue weighted by atomic mass is 10.1. The number of nitrogens with one attached hydrogen (secondary N) is 1. The highest BCUT2D eigenvalue weighted by atomic mass is 16.1. The largest absolute Gasteiger partial charge is 0.318 e. The molecule has 2 aromatic rings. The Hall–Kier alpha value is -1.87. The molecule has 0 aliphatic heterocycles. The summed E-state index contributed by atoms with van der Waals surface area (Å²) in [5.74, 6) is 0.709. The van der Waals surface area contributed by atoms with Crippen molar-refractivity contribution in [3.63, 3.8) is 0 Å². The first-order chi connectivity index (χ1) is 10.0. The number of rotatable bonds is 6. The van der Waals surface area contributed by atoms with Gasteiger partial charge in [-0.1, -0.05) is 32.0 Å². The number of aromatic nitrogens is 1. The van der Waals surface area contributed by atoms with Crippen molar-refractivity contribution in [3.8, 4) is 5.69 Å². The minimum absolute atomic E-state index is 0.158. The smallest absolute Gasteiger partial charge is 0.178 e. The third-order valence-corrected chi connectivity index (χ3v) is 3.58. The molecule has 0 fully saturated rings. The van der Waals surface area contributed by atoms with Gasteiger partial charge >= 0.3 is 0 Å². The van der Waals surface area contributed by atoms with Crippen LogP contribution < -0.4 is 5.32 Å². The van der Waals surface area contributed by atoms with Crippen LogP contribution in [0.4, 0.5) is 0 Å². The standard InChI is InChI=1S/C18H24N2O/c1-13(2)11-19-12-18(21)17-10-14(3)20(15(17)4)16-8-6-5-7-9-16/h5-10,13,19H,11-12H2,1-4H3. The highest BCUT2D eigenvalue weighted by Crippen LogP contribution is 2.20. The normalized spacial score (nSPS) is 11.1. The Morgan fingerprint density at radius 2 is 1.86 bits per heavy atom. The second-order valence-corrected chi connectivity index (χ2v) is 5.90. The average molecular weight is 284 g/mol. The number of hydrogen-bond donors (Lipinski definition) is 1. The Morgan fingerprint density at radius 1 is 1.19 bits per heavy atom. The van der Waals surface area contributed by atoms with E-state index >= 15 is 0 Å². The van der Waals surface area contributed by atoms with Crippen LogP contribution in [-0.4, -0.2) is 23.4 Å². The second-order valence-electron chi connectivity index (χ2n) is 5.90. The van der Waals surface area contributed by atoms with Crippen LogP contribution in [0.15, 0.2) is 36.4 Å². The van der Waals surface area contributed by atoms with Gasteiger partial charge in [-0.15, -0.1) is 0 Å². The van der Waals surface area contributed by atoms with Gasteiger partial charge in [-0.25, -0.2) is 0 Å². The van der Waals surface area contributed by atoms with Crippen molar-refractivity contribution in [2.45, 2.75) is 27.7 Å². The van der Waals surface area contributed by atoms with Gasteiger partial charge in [-0.2, -0.15) is 0 Å². The SMILES string of the molecule is Cc1cc(C(=O)CNCC(C)C)c(C)n1-c1ccccc1. The van der Waals surface area contributed by atoms with Crippen LogP contribution in [0.25, 0.3) is 5.69 Å². The van der Waals surface area contributed by atoms with Crippen molar-refractivity contribution in [1.82, 2.24) is 9.88 Å². The van der Waals surface area contributed by atoms with Crippen LogP contribution in [0, 0.1) is 19.8 Å². The maximum Gasteiger partial charge on any atom is 0.178 e. The minimum Gasteiger partial charge on any atom is -0.318 e. The topological polar surface area (TPSA) is 34.0 Å². The van der Waals surface area contributed by atoms with Crippen molar-refractivity contribution in [2.24, 2.45) is 5.92 Å². The molecule has 1 heterocycles. The zero-order valence-corrected chi connectivity index (χ0v) is 13.3. The monoisotopic (exact) mass is 284 g/mol. The molecule has 0 spiro atoms. The average Bonchev–Trinajstić information content (AvgIpc) is 2.74. The van der Waals surface area contributed by atoms with Gasteiger partial charge in [0, 0.05) is 22.6 Å². The van der Waals surface area contributed by atoms with E-state index in [1.807, 2.05) is 38.1 Å². The molecule has 3 nitrogen and oxygen atoms in total. The molecule has 0 saturated carbocycles. The van der Waals surface area contributed by atoms with E-state index in [9.17, 15) is 4.79 Å². The summed E-state index contributed by atoms with van der Waals surface area (Å²) < 4.78 is 2.13. The molecule has 21 heavy (non-hydrogen) atoms. The van der Waals surface area contributed by atoms with Crippen LogP contribution in [0.3, 0.4) is 0 Å². The quantitative estimate of drug-likeness (QED) is 0.823. The maximum atomic E-state index is 12.4. The van der Waals surface area contributed by atoms with E-state index in [0.717, 1.165) is 29.2 Å². The fraction of sp³-hybridized carbons (Fsp3) is 0.389. The summed E-state index contributed by atoms with van der Waals surface area (Å²) in [6.07, 6.45) is 0. The van der Waals surface area contributed by atoms with E-state index in [1.54, 1.807) is 0 Å². The molecule has 0 aliphatic carbocycles. The van der Waals surface area contributed by atoms with Crippen LogP contribution >= 0.6 is 0 Å². The molecular formula is C18H24N2O.